The smallest absolute Gasteiger partial charge is 0.168 e. The fourth-order valence-corrected chi connectivity index (χ4v) is 1.88. The SMILES string of the molecule is CC(C)(C)C(=O)c1ccc(-c2ccccc2)cc1. The first-order valence-corrected chi connectivity index (χ1v) is 6.19. The summed E-state index contributed by atoms with van der Waals surface area (Å²) >= 11 is 0. The van der Waals surface area contributed by atoms with Crippen LogP contribution in [0.5, 0.6) is 0 Å². The van der Waals surface area contributed by atoms with Crippen LogP contribution in [0.3, 0.4) is 0 Å². The van der Waals surface area contributed by atoms with Crippen LogP contribution in [0.4, 0.5) is 0 Å². The summed E-state index contributed by atoms with van der Waals surface area (Å²) in [6.07, 6.45) is 0. The highest BCUT2D eigenvalue weighted by Gasteiger charge is 2.22. The number of hydrogen-bond donors (Lipinski definition) is 0. The van der Waals surface area contributed by atoms with E-state index in [0.29, 0.717) is 0 Å². The average Bonchev–Trinajstić information content (AvgIpc) is 2.38. The van der Waals surface area contributed by atoms with Crippen LogP contribution in [-0.4, -0.2) is 5.78 Å². The highest BCUT2D eigenvalue weighted by molar-refractivity contribution is 6.00. The lowest BCUT2D eigenvalue weighted by atomic mass is 9.86. The molecule has 0 aromatic heterocycles. The van der Waals surface area contributed by atoms with Gasteiger partial charge in [-0.05, 0) is 11.1 Å². The van der Waals surface area contributed by atoms with Gasteiger partial charge in [0.2, 0.25) is 0 Å². The van der Waals surface area contributed by atoms with E-state index in [1.54, 1.807) is 0 Å². The van der Waals surface area contributed by atoms with Crippen LogP contribution in [0, 0.1) is 5.41 Å². The number of hydrogen-bond acceptors (Lipinski definition) is 1. The van der Waals surface area contributed by atoms with Gasteiger partial charge in [0.25, 0.3) is 0 Å². The summed E-state index contributed by atoms with van der Waals surface area (Å²) in [7, 11) is 0. The summed E-state index contributed by atoms with van der Waals surface area (Å²) in [6, 6.07) is 18.0. The number of rotatable bonds is 2. The van der Waals surface area contributed by atoms with E-state index in [4.69, 9.17) is 0 Å². The zero-order valence-corrected chi connectivity index (χ0v) is 11.1. The Balaban J connectivity index is 2.29. The van der Waals surface area contributed by atoms with Crippen LogP contribution in [-0.2, 0) is 0 Å². The molecule has 2 aromatic rings. The van der Waals surface area contributed by atoms with E-state index >= 15 is 0 Å². The molecule has 0 fully saturated rings. The van der Waals surface area contributed by atoms with E-state index in [-0.39, 0.29) is 11.2 Å². The van der Waals surface area contributed by atoms with Crippen LogP contribution in [0.1, 0.15) is 31.1 Å². The quantitative estimate of drug-likeness (QED) is 0.700. The number of carbonyl (C=O) groups is 1. The van der Waals surface area contributed by atoms with Gasteiger partial charge in [-0.25, -0.2) is 0 Å². The first-order chi connectivity index (χ1) is 8.48. The molecular weight excluding hydrogens is 220 g/mol. The number of ketones is 1. The molecule has 0 unspecified atom stereocenters. The maximum atomic E-state index is 12.1. The van der Waals surface area contributed by atoms with Crippen LogP contribution in [0.2, 0.25) is 0 Å². The first kappa shape index (κ1) is 12.6. The van der Waals surface area contributed by atoms with E-state index in [2.05, 4.69) is 12.1 Å². The Labute approximate surface area is 108 Å². The van der Waals surface area contributed by atoms with Crippen LogP contribution in [0.15, 0.2) is 54.6 Å². The minimum absolute atomic E-state index is 0.183. The van der Waals surface area contributed by atoms with Gasteiger partial charge in [0.15, 0.2) is 5.78 Å². The van der Waals surface area contributed by atoms with Crippen molar-refractivity contribution in [2.75, 3.05) is 0 Å². The molecule has 0 heterocycles. The third-order valence-corrected chi connectivity index (χ3v) is 2.94. The summed E-state index contributed by atoms with van der Waals surface area (Å²) < 4.78 is 0. The van der Waals surface area contributed by atoms with Gasteiger partial charge in [-0.1, -0.05) is 75.4 Å². The zero-order valence-electron chi connectivity index (χ0n) is 11.1. The van der Waals surface area contributed by atoms with Gasteiger partial charge in [-0.3, -0.25) is 4.79 Å². The Kier molecular flexibility index (Phi) is 3.33. The summed E-state index contributed by atoms with van der Waals surface area (Å²) in [5.74, 6) is 0.183. The predicted molar refractivity (Wildman–Crippen MR) is 75.7 cm³/mol. The van der Waals surface area contributed by atoms with Gasteiger partial charge in [0, 0.05) is 11.0 Å². The zero-order chi connectivity index (χ0) is 13.2. The highest BCUT2D eigenvalue weighted by Crippen LogP contribution is 2.24. The van der Waals surface area contributed by atoms with Crippen molar-refractivity contribution in [1.82, 2.24) is 0 Å². The Morgan fingerprint density at radius 3 is 1.78 bits per heavy atom. The lowest BCUT2D eigenvalue weighted by Gasteiger charge is -2.16. The molecule has 0 atom stereocenters. The molecule has 0 aliphatic carbocycles. The van der Waals surface area contributed by atoms with Gasteiger partial charge >= 0.3 is 0 Å². The first-order valence-electron chi connectivity index (χ1n) is 6.19. The Bertz CT molecular complexity index is 530. The monoisotopic (exact) mass is 238 g/mol. The highest BCUT2D eigenvalue weighted by atomic mass is 16.1. The lowest BCUT2D eigenvalue weighted by molar-refractivity contribution is 0.0858. The molecule has 2 aromatic carbocycles. The summed E-state index contributed by atoms with van der Waals surface area (Å²) in [4.78, 5) is 12.1. The van der Waals surface area contributed by atoms with E-state index in [1.165, 1.54) is 5.56 Å². The molecule has 0 bridgehead atoms. The molecule has 0 N–H and O–H groups in total. The molecular formula is C17H18O. The Morgan fingerprint density at radius 1 is 0.778 bits per heavy atom. The lowest BCUT2D eigenvalue weighted by Crippen LogP contribution is -2.19. The van der Waals surface area contributed by atoms with Crippen molar-refractivity contribution in [1.29, 1.82) is 0 Å². The summed E-state index contributed by atoms with van der Waals surface area (Å²) in [5, 5.41) is 0. The fourth-order valence-electron chi connectivity index (χ4n) is 1.88. The summed E-state index contributed by atoms with van der Waals surface area (Å²) in [5.41, 5.74) is 2.77. The third kappa shape index (κ3) is 2.67. The van der Waals surface area contributed by atoms with Crippen molar-refractivity contribution in [2.45, 2.75) is 20.8 Å². The minimum Gasteiger partial charge on any atom is -0.294 e. The molecule has 0 aliphatic heterocycles. The summed E-state index contributed by atoms with van der Waals surface area (Å²) in [6.45, 7) is 5.83. The third-order valence-electron chi connectivity index (χ3n) is 2.94. The molecule has 0 amide bonds. The minimum atomic E-state index is -0.325. The second kappa shape index (κ2) is 4.77. The predicted octanol–water partition coefficient (Wildman–Crippen LogP) is 4.58. The van der Waals surface area contributed by atoms with Gasteiger partial charge in [-0.2, -0.15) is 0 Å². The van der Waals surface area contributed by atoms with Gasteiger partial charge in [-0.15, -0.1) is 0 Å². The molecule has 0 radical (unpaired) electrons. The van der Waals surface area contributed by atoms with Crippen molar-refractivity contribution in [3.63, 3.8) is 0 Å². The standard InChI is InChI=1S/C17H18O/c1-17(2,3)16(18)15-11-9-14(10-12-15)13-7-5-4-6-8-13/h4-12H,1-3H3. The Morgan fingerprint density at radius 2 is 1.28 bits per heavy atom. The molecule has 1 heteroatoms. The topological polar surface area (TPSA) is 17.1 Å². The number of Topliss-reactive ketones (excluding diaryl/α,β-unsaturated/α-hetero) is 1. The molecule has 18 heavy (non-hydrogen) atoms. The van der Waals surface area contributed by atoms with Crippen LogP contribution >= 0.6 is 0 Å². The fraction of sp³-hybridized carbons (Fsp3) is 0.235. The average molecular weight is 238 g/mol. The van der Waals surface area contributed by atoms with E-state index in [0.717, 1.165) is 11.1 Å². The molecule has 0 saturated carbocycles. The van der Waals surface area contributed by atoms with Crippen LogP contribution in [0.25, 0.3) is 11.1 Å². The van der Waals surface area contributed by atoms with Gasteiger partial charge < -0.3 is 0 Å². The van der Waals surface area contributed by atoms with Crippen molar-refractivity contribution in [2.24, 2.45) is 5.41 Å². The normalized spacial score (nSPS) is 11.3. The molecule has 1 nitrogen and oxygen atoms in total. The Hall–Kier alpha value is -1.89. The van der Waals surface area contributed by atoms with Gasteiger partial charge in [0.1, 0.15) is 0 Å². The second-order valence-electron chi connectivity index (χ2n) is 5.52. The van der Waals surface area contributed by atoms with Crippen LogP contribution < -0.4 is 0 Å². The molecule has 0 spiro atoms. The maximum absolute atomic E-state index is 12.1. The van der Waals surface area contributed by atoms with E-state index < -0.39 is 0 Å². The van der Waals surface area contributed by atoms with Crippen molar-refractivity contribution >= 4 is 5.78 Å². The molecule has 2 rings (SSSR count). The molecule has 0 saturated heterocycles. The van der Waals surface area contributed by atoms with Gasteiger partial charge in [0.05, 0.1) is 0 Å². The van der Waals surface area contributed by atoms with E-state index in [9.17, 15) is 4.79 Å². The number of benzene rings is 2. The maximum Gasteiger partial charge on any atom is 0.168 e. The number of carbonyl (C=O) groups excluding carboxylic acids is 1. The van der Waals surface area contributed by atoms with E-state index in [1.807, 2.05) is 63.2 Å². The van der Waals surface area contributed by atoms with Crippen molar-refractivity contribution in [3.8, 4) is 11.1 Å². The van der Waals surface area contributed by atoms with Crippen molar-refractivity contribution in [3.05, 3.63) is 60.2 Å². The van der Waals surface area contributed by atoms with Crippen molar-refractivity contribution < 1.29 is 4.79 Å². The molecule has 0 aliphatic rings. The second-order valence-corrected chi connectivity index (χ2v) is 5.52. The molecule has 92 valence electrons. The largest absolute Gasteiger partial charge is 0.294 e.